The highest BCUT2D eigenvalue weighted by molar-refractivity contribution is 14.0. The Balaban J connectivity index is 0.00000484. The van der Waals surface area contributed by atoms with Crippen LogP contribution >= 0.6 is 24.0 Å². The van der Waals surface area contributed by atoms with E-state index < -0.39 is 12.8 Å². The Bertz CT molecular complexity index is 495. The zero-order valence-electron chi connectivity index (χ0n) is 13.1. The van der Waals surface area contributed by atoms with Gasteiger partial charge in [-0.25, -0.2) is 9.98 Å². The van der Waals surface area contributed by atoms with Gasteiger partial charge in [0.25, 0.3) is 0 Å². The van der Waals surface area contributed by atoms with Gasteiger partial charge in [-0.05, 0) is 18.4 Å². The summed E-state index contributed by atoms with van der Waals surface area (Å²) in [4.78, 5) is 7.87. The van der Waals surface area contributed by atoms with Crippen LogP contribution in [0.5, 0.6) is 5.88 Å². The smallest absolute Gasteiger partial charge is 0.422 e. The number of hydrogen-bond donors (Lipinski definition) is 2. The number of alkyl halides is 3. The summed E-state index contributed by atoms with van der Waals surface area (Å²) in [6.07, 6.45) is -2.10. The van der Waals surface area contributed by atoms with Crippen LogP contribution in [-0.2, 0) is 6.54 Å². The number of halogens is 4. The molecular formula is C14H22F3IN4O. The standard InChI is InChI=1S/C14H21F3N4O.HI/c1-10(2)5-7-20-13(18)21-8-11-4-3-6-19-12(11)22-9-14(15,16)17;/h3-4,6,10H,5,7-9H2,1-2H3,(H3,18,20,21);1H. The Morgan fingerprint density at radius 1 is 1.43 bits per heavy atom. The highest BCUT2D eigenvalue weighted by Gasteiger charge is 2.29. The van der Waals surface area contributed by atoms with Crippen molar-refractivity contribution in [2.24, 2.45) is 16.6 Å². The third-order valence-corrected chi connectivity index (χ3v) is 2.67. The second-order valence-electron chi connectivity index (χ2n) is 5.18. The third-order valence-electron chi connectivity index (χ3n) is 2.67. The van der Waals surface area contributed by atoms with Gasteiger partial charge in [-0.1, -0.05) is 19.9 Å². The van der Waals surface area contributed by atoms with Crippen LogP contribution in [0, 0.1) is 5.92 Å². The average molecular weight is 446 g/mol. The lowest BCUT2D eigenvalue weighted by atomic mass is 10.1. The minimum Gasteiger partial charge on any atom is -0.468 e. The summed E-state index contributed by atoms with van der Waals surface area (Å²) in [6, 6.07) is 3.21. The zero-order valence-corrected chi connectivity index (χ0v) is 15.4. The lowest BCUT2D eigenvalue weighted by molar-refractivity contribution is -0.154. The molecule has 1 heterocycles. The first-order valence-corrected chi connectivity index (χ1v) is 6.95. The van der Waals surface area contributed by atoms with Crippen LogP contribution in [0.1, 0.15) is 25.8 Å². The van der Waals surface area contributed by atoms with E-state index in [-0.39, 0.29) is 42.4 Å². The summed E-state index contributed by atoms with van der Waals surface area (Å²) >= 11 is 0. The quantitative estimate of drug-likeness (QED) is 0.384. The SMILES string of the molecule is CC(C)CCNC(N)=NCc1cccnc1OCC(F)(F)F.I. The van der Waals surface area contributed by atoms with Crippen LogP contribution in [-0.4, -0.2) is 30.3 Å². The number of aromatic nitrogens is 1. The van der Waals surface area contributed by atoms with Gasteiger partial charge >= 0.3 is 6.18 Å². The maximum Gasteiger partial charge on any atom is 0.422 e. The molecule has 0 amide bonds. The van der Waals surface area contributed by atoms with Crippen molar-refractivity contribution in [3.63, 3.8) is 0 Å². The molecule has 0 bridgehead atoms. The predicted octanol–water partition coefficient (Wildman–Crippen LogP) is 3.09. The number of nitrogens with zero attached hydrogens (tertiary/aromatic N) is 2. The second kappa shape index (κ2) is 10.5. The number of ether oxygens (including phenoxy) is 1. The molecule has 0 fully saturated rings. The van der Waals surface area contributed by atoms with Gasteiger partial charge in [0.15, 0.2) is 12.6 Å². The summed E-state index contributed by atoms with van der Waals surface area (Å²) in [5, 5.41) is 2.95. The van der Waals surface area contributed by atoms with Gasteiger partial charge in [-0.2, -0.15) is 13.2 Å². The maximum atomic E-state index is 12.2. The van der Waals surface area contributed by atoms with Gasteiger partial charge in [0.05, 0.1) is 6.54 Å². The molecule has 0 spiro atoms. The fraction of sp³-hybridized carbons (Fsp3) is 0.571. The number of nitrogens with two attached hydrogens (primary N) is 1. The molecule has 5 nitrogen and oxygen atoms in total. The van der Waals surface area contributed by atoms with E-state index in [0.29, 0.717) is 18.0 Å². The first-order valence-electron chi connectivity index (χ1n) is 6.95. The normalized spacial score (nSPS) is 12.0. The molecule has 0 atom stereocenters. The minimum absolute atomic E-state index is 0. The molecule has 3 N–H and O–H groups in total. The van der Waals surface area contributed by atoms with Crippen LogP contribution in [0.2, 0.25) is 0 Å². The zero-order chi connectivity index (χ0) is 16.6. The molecule has 0 aliphatic heterocycles. The number of rotatable bonds is 7. The summed E-state index contributed by atoms with van der Waals surface area (Å²) in [5.74, 6) is 0.700. The van der Waals surface area contributed by atoms with Crippen molar-refractivity contribution >= 4 is 29.9 Å². The summed E-state index contributed by atoms with van der Waals surface area (Å²) in [6.45, 7) is 3.59. The molecule has 23 heavy (non-hydrogen) atoms. The molecule has 0 aliphatic rings. The van der Waals surface area contributed by atoms with Crippen molar-refractivity contribution in [3.05, 3.63) is 23.9 Å². The minimum atomic E-state index is -4.41. The van der Waals surface area contributed by atoms with E-state index in [2.05, 4.69) is 33.9 Å². The lowest BCUT2D eigenvalue weighted by Crippen LogP contribution is -2.32. The fourth-order valence-corrected chi connectivity index (χ4v) is 1.54. The van der Waals surface area contributed by atoms with Crippen molar-refractivity contribution in [2.75, 3.05) is 13.2 Å². The van der Waals surface area contributed by atoms with Crippen LogP contribution < -0.4 is 15.8 Å². The summed E-state index contributed by atoms with van der Waals surface area (Å²) < 4.78 is 41.2. The number of pyridine rings is 1. The van der Waals surface area contributed by atoms with E-state index in [9.17, 15) is 13.2 Å². The molecule has 9 heteroatoms. The molecule has 132 valence electrons. The Labute approximate surface area is 150 Å². The monoisotopic (exact) mass is 446 g/mol. The van der Waals surface area contributed by atoms with E-state index in [1.807, 2.05) is 0 Å². The second-order valence-corrected chi connectivity index (χ2v) is 5.18. The van der Waals surface area contributed by atoms with E-state index in [1.54, 1.807) is 12.1 Å². The van der Waals surface area contributed by atoms with Gasteiger partial charge in [0.1, 0.15) is 0 Å². The average Bonchev–Trinajstić information content (AvgIpc) is 2.42. The Morgan fingerprint density at radius 3 is 2.74 bits per heavy atom. The predicted molar refractivity (Wildman–Crippen MR) is 94.0 cm³/mol. The van der Waals surface area contributed by atoms with Crippen molar-refractivity contribution in [1.82, 2.24) is 10.3 Å². The molecule has 0 saturated heterocycles. The molecule has 1 aromatic heterocycles. The summed E-state index contributed by atoms with van der Waals surface area (Å²) in [5.41, 5.74) is 6.14. The molecule has 0 aromatic carbocycles. The van der Waals surface area contributed by atoms with Gasteiger partial charge < -0.3 is 15.8 Å². The molecule has 1 aromatic rings. The highest BCUT2D eigenvalue weighted by atomic mass is 127. The van der Waals surface area contributed by atoms with Crippen molar-refractivity contribution in [3.8, 4) is 5.88 Å². The largest absolute Gasteiger partial charge is 0.468 e. The van der Waals surface area contributed by atoms with Crippen molar-refractivity contribution < 1.29 is 17.9 Å². The number of aliphatic imine (C=N–C) groups is 1. The van der Waals surface area contributed by atoms with Gasteiger partial charge in [0, 0.05) is 18.3 Å². The van der Waals surface area contributed by atoms with E-state index in [1.165, 1.54) is 6.20 Å². The lowest BCUT2D eigenvalue weighted by Gasteiger charge is -2.11. The molecular weight excluding hydrogens is 424 g/mol. The third kappa shape index (κ3) is 10.2. The Kier molecular flexibility index (Phi) is 9.93. The van der Waals surface area contributed by atoms with E-state index in [4.69, 9.17) is 5.73 Å². The van der Waals surface area contributed by atoms with E-state index >= 15 is 0 Å². The summed E-state index contributed by atoms with van der Waals surface area (Å²) in [7, 11) is 0. The van der Waals surface area contributed by atoms with Crippen LogP contribution in [0.3, 0.4) is 0 Å². The van der Waals surface area contributed by atoms with Crippen molar-refractivity contribution in [1.29, 1.82) is 0 Å². The first-order chi connectivity index (χ1) is 10.3. The van der Waals surface area contributed by atoms with Gasteiger partial charge in [-0.15, -0.1) is 24.0 Å². The van der Waals surface area contributed by atoms with Gasteiger partial charge in [-0.3, -0.25) is 0 Å². The van der Waals surface area contributed by atoms with Crippen LogP contribution in [0.15, 0.2) is 23.3 Å². The molecule has 0 radical (unpaired) electrons. The number of hydrogen-bond acceptors (Lipinski definition) is 3. The van der Waals surface area contributed by atoms with Gasteiger partial charge in [0.2, 0.25) is 5.88 Å². The number of nitrogens with one attached hydrogen (secondary N) is 1. The Hall–Kier alpha value is -1.26. The molecule has 0 unspecified atom stereocenters. The van der Waals surface area contributed by atoms with Crippen LogP contribution in [0.25, 0.3) is 0 Å². The topological polar surface area (TPSA) is 72.5 Å². The highest BCUT2D eigenvalue weighted by Crippen LogP contribution is 2.20. The number of guanidine groups is 1. The maximum absolute atomic E-state index is 12.2. The molecule has 1 rings (SSSR count). The van der Waals surface area contributed by atoms with Crippen molar-refractivity contribution in [2.45, 2.75) is 33.0 Å². The fourth-order valence-electron chi connectivity index (χ4n) is 1.54. The van der Waals surface area contributed by atoms with E-state index in [0.717, 1.165) is 6.42 Å². The molecule has 0 saturated carbocycles. The Morgan fingerprint density at radius 2 is 2.13 bits per heavy atom. The molecule has 0 aliphatic carbocycles. The van der Waals surface area contributed by atoms with Crippen LogP contribution in [0.4, 0.5) is 13.2 Å². The first kappa shape index (κ1) is 21.7.